The number of hydrazine groups is 1. The van der Waals surface area contributed by atoms with Crippen LogP contribution in [0.25, 0.3) is 0 Å². The maximum atomic E-state index is 5.69. The summed E-state index contributed by atoms with van der Waals surface area (Å²) < 4.78 is 11.2. The van der Waals surface area contributed by atoms with E-state index in [0.29, 0.717) is 19.1 Å². The summed E-state index contributed by atoms with van der Waals surface area (Å²) in [6, 6.07) is 6.19. The van der Waals surface area contributed by atoms with Gasteiger partial charge in [0, 0.05) is 6.04 Å². The van der Waals surface area contributed by atoms with E-state index in [1.165, 1.54) is 0 Å². The monoisotopic (exact) mass is 280 g/mol. The Kier molecular flexibility index (Phi) is 7.41. The zero-order chi connectivity index (χ0) is 15.0. The Labute approximate surface area is 122 Å². The third-order valence-electron chi connectivity index (χ3n) is 3.20. The highest BCUT2D eigenvalue weighted by Gasteiger charge is 2.14. The predicted molar refractivity (Wildman–Crippen MR) is 82.9 cm³/mol. The highest BCUT2D eigenvalue weighted by Crippen LogP contribution is 2.32. The fourth-order valence-corrected chi connectivity index (χ4v) is 2.13. The molecule has 0 saturated carbocycles. The van der Waals surface area contributed by atoms with Crippen LogP contribution in [0.3, 0.4) is 0 Å². The Balaban J connectivity index is 2.89. The van der Waals surface area contributed by atoms with Crippen molar-refractivity contribution in [2.45, 2.75) is 46.6 Å². The van der Waals surface area contributed by atoms with Crippen LogP contribution in [0.2, 0.25) is 0 Å². The maximum Gasteiger partial charge on any atom is 0.161 e. The zero-order valence-electron chi connectivity index (χ0n) is 13.1. The molecule has 0 aliphatic carbocycles. The molecule has 114 valence electrons. The molecule has 0 aliphatic heterocycles. The summed E-state index contributed by atoms with van der Waals surface area (Å²) >= 11 is 0. The van der Waals surface area contributed by atoms with Gasteiger partial charge in [-0.2, -0.15) is 0 Å². The molecule has 0 radical (unpaired) electrons. The molecule has 0 spiro atoms. The normalized spacial score (nSPS) is 12.5. The van der Waals surface area contributed by atoms with Crippen molar-refractivity contribution in [3.63, 3.8) is 0 Å². The van der Waals surface area contributed by atoms with Crippen molar-refractivity contribution in [3.05, 3.63) is 23.8 Å². The van der Waals surface area contributed by atoms with Crippen molar-refractivity contribution in [1.82, 2.24) is 5.43 Å². The van der Waals surface area contributed by atoms with Gasteiger partial charge in [0.2, 0.25) is 0 Å². The molecular formula is C16H28N2O2. The summed E-state index contributed by atoms with van der Waals surface area (Å²) in [5, 5.41) is 0. The van der Waals surface area contributed by atoms with Gasteiger partial charge in [0.1, 0.15) is 0 Å². The molecule has 3 N–H and O–H groups in total. The molecule has 4 heteroatoms. The Hall–Kier alpha value is -1.26. The van der Waals surface area contributed by atoms with Crippen LogP contribution in [-0.2, 0) is 0 Å². The summed E-state index contributed by atoms with van der Waals surface area (Å²) in [6.45, 7) is 9.63. The fourth-order valence-electron chi connectivity index (χ4n) is 2.13. The minimum atomic E-state index is 0.146. The van der Waals surface area contributed by atoms with Gasteiger partial charge in [-0.1, -0.05) is 19.9 Å². The van der Waals surface area contributed by atoms with Crippen LogP contribution in [0.15, 0.2) is 18.2 Å². The minimum Gasteiger partial charge on any atom is -0.490 e. The van der Waals surface area contributed by atoms with Gasteiger partial charge in [-0.05, 0) is 50.3 Å². The lowest BCUT2D eigenvalue weighted by Gasteiger charge is -2.19. The average Bonchev–Trinajstić information content (AvgIpc) is 2.42. The van der Waals surface area contributed by atoms with Gasteiger partial charge in [-0.3, -0.25) is 11.3 Å². The molecule has 1 rings (SSSR count). The number of hydrogen-bond acceptors (Lipinski definition) is 4. The standard InChI is InChI=1S/C16H28N2O2/c1-5-19-15-10-8-13(11-16(15)20-6-2)14(18-17)9-7-12(3)4/h8,10-12,14,18H,5-7,9,17H2,1-4H3. The van der Waals surface area contributed by atoms with Gasteiger partial charge >= 0.3 is 0 Å². The predicted octanol–water partition coefficient (Wildman–Crippen LogP) is 3.42. The molecule has 1 aromatic carbocycles. The number of benzene rings is 1. The second kappa shape index (κ2) is 8.82. The van der Waals surface area contributed by atoms with Crippen LogP contribution in [0.1, 0.15) is 52.1 Å². The summed E-state index contributed by atoms with van der Waals surface area (Å²) in [7, 11) is 0. The van der Waals surface area contributed by atoms with Crippen molar-refractivity contribution in [1.29, 1.82) is 0 Å². The van der Waals surface area contributed by atoms with E-state index in [1.54, 1.807) is 0 Å². The third-order valence-corrected chi connectivity index (χ3v) is 3.20. The molecule has 1 unspecified atom stereocenters. The SMILES string of the molecule is CCOc1ccc(C(CCC(C)C)NN)cc1OCC. The number of ether oxygens (including phenoxy) is 2. The van der Waals surface area contributed by atoms with Gasteiger partial charge in [-0.25, -0.2) is 0 Å². The van der Waals surface area contributed by atoms with Gasteiger partial charge in [0.25, 0.3) is 0 Å². The molecule has 4 nitrogen and oxygen atoms in total. The molecule has 0 heterocycles. The molecule has 0 fully saturated rings. The van der Waals surface area contributed by atoms with Gasteiger partial charge < -0.3 is 9.47 Å². The minimum absolute atomic E-state index is 0.146. The van der Waals surface area contributed by atoms with Crippen LogP contribution in [-0.4, -0.2) is 13.2 Å². The van der Waals surface area contributed by atoms with Crippen LogP contribution in [0.5, 0.6) is 11.5 Å². The van der Waals surface area contributed by atoms with E-state index in [9.17, 15) is 0 Å². The van der Waals surface area contributed by atoms with Crippen molar-refractivity contribution in [3.8, 4) is 11.5 Å². The topological polar surface area (TPSA) is 56.5 Å². The summed E-state index contributed by atoms with van der Waals surface area (Å²) in [6.07, 6.45) is 2.14. The molecule has 0 aliphatic rings. The van der Waals surface area contributed by atoms with Crippen molar-refractivity contribution in [2.24, 2.45) is 11.8 Å². The van der Waals surface area contributed by atoms with Gasteiger partial charge in [0.15, 0.2) is 11.5 Å². The first-order valence-corrected chi connectivity index (χ1v) is 7.48. The lowest BCUT2D eigenvalue weighted by molar-refractivity contribution is 0.287. The van der Waals surface area contributed by atoms with E-state index in [2.05, 4.69) is 25.3 Å². The highest BCUT2D eigenvalue weighted by atomic mass is 16.5. The summed E-state index contributed by atoms with van der Waals surface area (Å²) in [5.74, 6) is 7.93. The molecule has 0 amide bonds. The number of nitrogens with one attached hydrogen (secondary N) is 1. The Bertz CT molecular complexity index is 394. The van der Waals surface area contributed by atoms with Crippen molar-refractivity contribution < 1.29 is 9.47 Å². The third kappa shape index (κ3) is 5.02. The fraction of sp³-hybridized carbons (Fsp3) is 0.625. The molecule has 1 aromatic rings. The Morgan fingerprint density at radius 1 is 1.05 bits per heavy atom. The first kappa shape index (κ1) is 16.8. The van der Waals surface area contributed by atoms with Crippen molar-refractivity contribution in [2.75, 3.05) is 13.2 Å². The lowest BCUT2D eigenvalue weighted by Crippen LogP contribution is -2.28. The molecular weight excluding hydrogens is 252 g/mol. The van der Waals surface area contributed by atoms with Crippen molar-refractivity contribution >= 4 is 0 Å². The van der Waals surface area contributed by atoms with Gasteiger partial charge in [-0.15, -0.1) is 0 Å². The quantitative estimate of drug-likeness (QED) is 0.537. The van der Waals surface area contributed by atoms with Crippen LogP contribution in [0, 0.1) is 5.92 Å². The summed E-state index contributed by atoms with van der Waals surface area (Å²) in [4.78, 5) is 0. The van der Waals surface area contributed by atoms with E-state index in [0.717, 1.165) is 29.9 Å². The molecule has 0 bridgehead atoms. The highest BCUT2D eigenvalue weighted by molar-refractivity contribution is 5.44. The van der Waals surface area contributed by atoms with E-state index < -0.39 is 0 Å². The second-order valence-corrected chi connectivity index (χ2v) is 5.26. The number of rotatable bonds is 9. The molecule has 20 heavy (non-hydrogen) atoms. The molecule has 0 saturated heterocycles. The number of hydrogen-bond donors (Lipinski definition) is 2. The van der Waals surface area contributed by atoms with E-state index in [4.69, 9.17) is 15.3 Å². The maximum absolute atomic E-state index is 5.69. The first-order chi connectivity index (χ1) is 9.62. The zero-order valence-corrected chi connectivity index (χ0v) is 13.1. The average molecular weight is 280 g/mol. The second-order valence-electron chi connectivity index (χ2n) is 5.26. The largest absolute Gasteiger partial charge is 0.490 e. The van der Waals surface area contributed by atoms with Crippen LogP contribution in [0.4, 0.5) is 0 Å². The number of nitrogens with two attached hydrogens (primary N) is 1. The van der Waals surface area contributed by atoms with E-state index >= 15 is 0 Å². The lowest BCUT2D eigenvalue weighted by atomic mass is 9.98. The van der Waals surface area contributed by atoms with Crippen LogP contribution < -0.4 is 20.7 Å². The van der Waals surface area contributed by atoms with E-state index in [1.807, 2.05) is 26.0 Å². The van der Waals surface area contributed by atoms with Gasteiger partial charge in [0.05, 0.1) is 13.2 Å². The van der Waals surface area contributed by atoms with Crippen LogP contribution >= 0.6 is 0 Å². The Morgan fingerprint density at radius 2 is 1.70 bits per heavy atom. The Morgan fingerprint density at radius 3 is 2.25 bits per heavy atom. The smallest absolute Gasteiger partial charge is 0.161 e. The summed E-state index contributed by atoms with van der Waals surface area (Å²) in [5.41, 5.74) is 4.04. The molecule has 1 atom stereocenters. The first-order valence-electron chi connectivity index (χ1n) is 7.48. The van der Waals surface area contributed by atoms with E-state index in [-0.39, 0.29) is 6.04 Å². The molecule has 0 aromatic heterocycles.